The van der Waals surface area contributed by atoms with E-state index in [4.69, 9.17) is 5.11 Å². The number of Topliss-reactive ketones (excluding diaryl/α,β-unsaturated/α-hetero) is 1. The van der Waals surface area contributed by atoms with E-state index >= 15 is 0 Å². The van der Waals surface area contributed by atoms with Gasteiger partial charge in [-0.2, -0.15) is 0 Å². The molecule has 21 heavy (non-hydrogen) atoms. The highest BCUT2D eigenvalue weighted by Crippen LogP contribution is 2.20. The van der Waals surface area contributed by atoms with Crippen LogP contribution in [-0.2, 0) is 9.59 Å². The third kappa shape index (κ3) is 2.60. The molecule has 6 nitrogen and oxygen atoms in total. The predicted molar refractivity (Wildman–Crippen MR) is 73.1 cm³/mol. The van der Waals surface area contributed by atoms with Crippen LogP contribution in [0.15, 0.2) is 24.3 Å². The molecule has 1 aromatic carbocycles. The van der Waals surface area contributed by atoms with Crippen molar-refractivity contribution < 1.29 is 24.3 Å². The molecule has 0 bridgehead atoms. The van der Waals surface area contributed by atoms with Crippen LogP contribution in [0.2, 0.25) is 0 Å². The number of carboxylic acid groups (broad SMARTS) is 1. The molecule has 0 saturated heterocycles. The molecule has 0 unspecified atom stereocenters. The summed E-state index contributed by atoms with van der Waals surface area (Å²) in [6, 6.07) is 2.97. The zero-order valence-corrected chi connectivity index (χ0v) is 11.5. The van der Waals surface area contributed by atoms with Crippen LogP contribution in [0.3, 0.4) is 0 Å². The topological polar surface area (TPSA) is 91.8 Å². The smallest absolute Gasteiger partial charge is 0.335 e. The molecule has 0 aromatic heterocycles. The van der Waals surface area contributed by atoms with Gasteiger partial charge in [0.2, 0.25) is 0 Å². The number of benzene rings is 1. The minimum atomic E-state index is -1.13. The van der Waals surface area contributed by atoms with Crippen molar-refractivity contribution in [1.82, 2.24) is 4.90 Å². The van der Waals surface area contributed by atoms with Crippen LogP contribution in [0.4, 0.5) is 0 Å². The van der Waals surface area contributed by atoms with Gasteiger partial charge >= 0.3 is 5.97 Å². The number of carboxylic acids is 1. The number of carbonyl (C=O) groups excluding carboxylic acids is 3. The maximum absolute atomic E-state index is 12.3. The van der Waals surface area contributed by atoms with Crippen LogP contribution in [0.5, 0.6) is 0 Å². The highest BCUT2D eigenvalue weighted by atomic mass is 16.4. The van der Waals surface area contributed by atoms with Crippen LogP contribution >= 0.6 is 0 Å². The first-order chi connectivity index (χ1) is 9.82. The van der Waals surface area contributed by atoms with Crippen LogP contribution in [-0.4, -0.2) is 40.1 Å². The number of aryl methyl sites for hydroxylation is 1. The number of rotatable bonds is 4. The number of amides is 2. The van der Waals surface area contributed by atoms with E-state index < -0.39 is 30.1 Å². The molecule has 2 rings (SSSR count). The fourth-order valence-corrected chi connectivity index (χ4v) is 2.32. The van der Waals surface area contributed by atoms with Crippen molar-refractivity contribution in [2.75, 3.05) is 6.54 Å². The molecule has 1 N–H and O–H groups in total. The maximum atomic E-state index is 12.3. The van der Waals surface area contributed by atoms with Crippen LogP contribution < -0.4 is 0 Å². The van der Waals surface area contributed by atoms with E-state index in [2.05, 4.69) is 0 Å². The molecule has 0 fully saturated rings. The van der Waals surface area contributed by atoms with E-state index in [-0.39, 0.29) is 11.1 Å². The normalized spacial score (nSPS) is 13.9. The largest absolute Gasteiger partial charge is 0.478 e. The van der Waals surface area contributed by atoms with E-state index in [1.165, 1.54) is 19.1 Å². The first kappa shape index (κ1) is 14.6. The predicted octanol–water partition coefficient (Wildman–Crippen LogP) is 1.11. The van der Waals surface area contributed by atoms with Crippen molar-refractivity contribution >= 4 is 23.6 Å². The molecule has 0 radical (unpaired) electrons. The first-order valence-corrected chi connectivity index (χ1v) is 6.23. The highest BCUT2D eigenvalue weighted by Gasteiger charge is 2.27. The second-order valence-corrected chi connectivity index (χ2v) is 4.75. The van der Waals surface area contributed by atoms with Gasteiger partial charge in [0.05, 0.1) is 12.1 Å². The molecule has 1 heterocycles. The second kappa shape index (κ2) is 5.32. The molecule has 1 aromatic rings. The number of carbonyl (C=O) groups is 4. The van der Waals surface area contributed by atoms with Crippen LogP contribution in [0, 0.1) is 13.8 Å². The van der Waals surface area contributed by atoms with E-state index in [0.717, 1.165) is 17.1 Å². The lowest BCUT2D eigenvalue weighted by atomic mass is 9.94. The third-order valence-electron chi connectivity index (χ3n) is 3.38. The van der Waals surface area contributed by atoms with E-state index in [0.29, 0.717) is 11.1 Å². The summed E-state index contributed by atoms with van der Waals surface area (Å²) in [7, 11) is 0. The van der Waals surface area contributed by atoms with Crippen molar-refractivity contribution in [3.63, 3.8) is 0 Å². The van der Waals surface area contributed by atoms with Crippen molar-refractivity contribution in [3.8, 4) is 0 Å². The van der Waals surface area contributed by atoms with E-state index in [1.807, 2.05) is 0 Å². The molecule has 108 valence electrons. The Hall–Kier alpha value is -2.76. The van der Waals surface area contributed by atoms with Crippen LogP contribution in [0.1, 0.15) is 31.8 Å². The number of nitrogens with zero attached hydrogens (tertiary/aromatic N) is 1. The Morgan fingerprint density at radius 3 is 2.19 bits per heavy atom. The molecule has 0 atom stereocenters. The van der Waals surface area contributed by atoms with Gasteiger partial charge in [-0.1, -0.05) is 6.07 Å². The Morgan fingerprint density at radius 2 is 1.67 bits per heavy atom. The second-order valence-electron chi connectivity index (χ2n) is 4.75. The lowest BCUT2D eigenvalue weighted by Crippen LogP contribution is -2.35. The molecule has 1 aliphatic rings. The zero-order chi connectivity index (χ0) is 15.7. The summed E-state index contributed by atoms with van der Waals surface area (Å²) < 4.78 is 0. The molecule has 6 heteroatoms. The Balaban J connectivity index is 2.36. The third-order valence-corrected chi connectivity index (χ3v) is 3.38. The summed E-state index contributed by atoms with van der Waals surface area (Å²) in [4.78, 5) is 47.2. The molecular formula is C15H13NO5. The quantitative estimate of drug-likeness (QED) is 0.661. The number of aromatic carboxylic acids is 1. The van der Waals surface area contributed by atoms with E-state index in [9.17, 15) is 19.2 Å². The summed E-state index contributed by atoms with van der Waals surface area (Å²) in [5.41, 5.74) is 1.21. The van der Waals surface area contributed by atoms with Gasteiger partial charge in [-0.05, 0) is 31.0 Å². The molecule has 2 amide bonds. The molecule has 0 aliphatic carbocycles. The molecule has 0 saturated carbocycles. The summed E-state index contributed by atoms with van der Waals surface area (Å²) in [5.74, 6) is -2.67. The van der Waals surface area contributed by atoms with E-state index in [1.54, 1.807) is 6.92 Å². The Labute approximate surface area is 120 Å². The van der Waals surface area contributed by atoms with Crippen molar-refractivity contribution in [1.29, 1.82) is 0 Å². The van der Waals surface area contributed by atoms with Gasteiger partial charge in [0.15, 0.2) is 5.78 Å². The summed E-state index contributed by atoms with van der Waals surface area (Å²) in [6.07, 6.45) is 2.20. The van der Waals surface area contributed by atoms with Gasteiger partial charge < -0.3 is 5.11 Å². The van der Waals surface area contributed by atoms with Gasteiger partial charge in [0, 0.05) is 17.7 Å². The van der Waals surface area contributed by atoms with Gasteiger partial charge in [-0.15, -0.1) is 0 Å². The molecule has 0 spiro atoms. The maximum Gasteiger partial charge on any atom is 0.335 e. The average Bonchev–Trinajstić information content (AvgIpc) is 2.70. The molecule has 1 aliphatic heterocycles. The van der Waals surface area contributed by atoms with Crippen molar-refractivity contribution in [3.05, 3.63) is 46.5 Å². The lowest BCUT2D eigenvalue weighted by Gasteiger charge is -2.16. The number of ketones is 1. The van der Waals surface area contributed by atoms with Crippen molar-refractivity contribution in [2.24, 2.45) is 0 Å². The lowest BCUT2D eigenvalue weighted by molar-refractivity contribution is -0.136. The first-order valence-electron chi connectivity index (χ1n) is 6.23. The Bertz CT molecular complexity index is 684. The van der Waals surface area contributed by atoms with Gasteiger partial charge in [-0.3, -0.25) is 19.3 Å². The average molecular weight is 287 g/mol. The summed E-state index contributed by atoms with van der Waals surface area (Å²) in [5, 5.41) is 9.09. The number of imide groups is 1. The summed E-state index contributed by atoms with van der Waals surface area (Å²) >= 11 is 0. The summed E-state index contributed by atoms with van der Waals surface area (Å²) in [6.45, 7) is 2.82. The number of hydrogen-bond acceptors (Lipinski definition) is 4. The SMILES string of the molecule is Cc1ccc(C(=O)O)c(C)c1C(=O)CN1C(=O)C=CC1=O. The Morgan fingerprint density at radius 1 is 1.10 bits per heavy atom. The fourth-order valence-electron chi connectivity index (χ4n) is 2.32. The zero-order valence-electron chi connectivity index (χ0n) is 11.5. The Kier molecular flexibility index (Phi) is 3.71. The monoisotopic (exact) mass is 287 g/mol. The highest BCUT2D eigenvalue weighted by molar-refractivity contribution is 6.16. The van der Waals surface area contributed by atoms with Crippen LogP contribution in [0.25, 0.3) is 0 Å². The van der Waals surface area contributed by atoms with Crippen molar-refractivity contribution in [2.45, 2.75) is 13.8 Å². The number of hydrogen-bond donors (Lipinski definition) is 1. The minimum Gasteiger partial charge on any atom is -0.478 e. The minimum absolute atomic E-state index is 0.0288. The standard InChI is InChI=1S/C15H13NO5/c1-8-3-4-10(15(20)21)9(2)14(8)11(17)7-16-12(18)5-6-13(16)19/h3-6H,7H2,1-2H3,(H,20,21). The fraction of sp³-hybridized carbons (Fsp3) is 0.200. The van der Waals surface area contributed by atoms with Gasteiger partial charge in [0.1, 0.15) is 0 Å². The van der Waals surface area contributed by atoms with Gasteiger partial charge in [-0.25, -0.2) is 4.79 Å². The molecular weight excluding hydrogens is 274 g/mol. The van der Waals surface area contributed by atoms with Gasteiger partial charge in [0.25, 0.3) is 11.8 Å².